The van der Waals surface area contributed by atoms with Crippen LogP contribution in [0.4, 0.5) is 0 Å². The molecule has 1 unspecified atom stereocenters. The van der Waals surface area contributed by atoms with Crippen LogP contribution in [0.1, 0.15) is 48.3 Å². The molecule has 2 heterocycles. The number of hydrogen-bond donors (Lipinski definition) is 2. The van der Waals surface area contributed by atoms with Crippen molar-refractivity contribution in [3.8, 4) is 0 Å². The zero-order valence-corrected chi connectivity index (χ0v) is 18.8. The molecule has 0 fully saturated rings. The number of H-pyrrole nitrogens is 1. The number of rotatable bonds is 11. The van der Waals surface area contributed by atoms with Crippen molar-refractivity contribution in [3.63, 3.8) is 0 Å². The minimum atomic E-state index is -0.0951. The zero-order chi connectivity index (χ0) is 22.4. The highest BCUT2D eigenvalue weighted by Crippen LogP contribution is 2.25. The molecule has 0 radical (unpaired) electrons. The number of nitrogens with zero attached hydrogens (tertiary/aromatic N) is 5. The smallest absolute Gasteiger partial charge is 0.252 e. The summed E-state index contributed by atoms with van der Waals surface area (Å²) in [6, 6.07) is 6.04. The van der Waals surface area contributed by atoms with E-state index in [-0.39, 0.29) is 18.2 Å². The predicted molar refractivity (Wildman–Crippen MR) is 119 cm³/mol. The Morgan fingerprint density at radius 2 is 2.10 bits per heavy atom. The van der Waals surface area contributed by atoms with Gasteiger partial charge in [0.1, 0.15) is 0 Å². The van der Waals surface area contributed by atoms with E-state index in [2.05, 4.69) is 51.4 Å². The standard InChI is InChI=1S/C22H32N6O3/c1-5-19(21-24-25-26-28(21)8-10-31-4)27(7-6-9-29)14-18-13-17-12-15(2)11-16(3)20(17)23-22(18)30/h11-13,19,29H,5-10,14H2,1-4H3,(H,23,30). The van der Waals surface area contributed by atoms with Crippen LogP contribution in [0.25, 0.3) is 10.9 Å². The maximum atomic E-state index is 12.9. The second kappa shape index (κ2) is 10.6. The fourth-order valence-corrected chi connectivity index (χ4v) is 4.08. The Hall–Kier alpha value is -2.62. The molecule has 0 saturated heterocycles. The van der Waals surface area contributed by atoms with Gasteiger partial charge in [-0.25, -0.2) is 4.68 Å². The third-order valence-electron chi connectivity index (χ3n) is 5.54. The molecule has 0 aliphatic carbocycles. The van der Waals surface area contributed by atoms with E-state index in [0.717, 1.165) is 34.3 Å². The summed E-state index contributed by atoms with van der Waals surface area (Å²) in [6.07, 6.45) is 1.36. The topological polar surface area (TPSA) is 109 Å². The third-order valence-corrected chi connectivity index (χ3v) is 5.54. The van der Waals surface area contributed by atoms with Gasteiger partial charge in [0.05, 0.1) is 24.7 Å². The van der Waals surface area contributed by atoms with Gasteiger partial charge >= 0.3 is 0 Å². The minimum Gasteiger partial charge on any atom is -0.396 e. The Morgan fingerprint density at radius 3 is 2.81 bits per heavy atom. The van der Waals surface area contributed by atoms with Gasteiger partial charge in [0, 0.05) is 32.4 Å². The van der Waals surface area contributed by atoms with Gasteiger partial charge in [0.25, 0.3) is 5.56 Å². The van der Waals surface area contributed by atoms with Crippen LogP contribution in [-0.4, -0.2) is 62.1 Å². The molecule has 0 aliphatic rings. The van der Waals surface area contributed by atoms with E-state index in [9.17, 15) is 9.90 Å². The first-order chi connectivity index (χ1) is 15.0. The fourth-order valence-electron chi connectivity index (χ4n) is 4.08. The van der Waals surface area contributed by atoms with Crippen molar-refractivity contribution in [1.29, 1.82) is 0 Å². The highest BCUT2D eigenvalue weighted by molar-refractivity contribution is 5.82. The normalized spacial score (nSPS) is 12.7. The summed E-state index contributed by atoms with van der Waals surface area (Å²) >= 11 is 0. The molecule has 9 heteroatoms. The van der Waals surface area contributed by atoms with E-state index < -0.39 is 0 Å². The van der Waals surface area contributed by atoms with Crippen LogP contribution in [0.3, 0.4) is 0 Å². The Morgan fingerprint density at radius 1 is 1.29 bits per heavy atom. The number of benzene rings is 1. The first-order valence-corrected chi connectivity index (χ1v) is 10.7. The lowest BCUT2D eigenvalue weighted by Gasteiger charge is -2.30. The van der Waals surface area contributed by atoms with Crippen molar-refractivity contribution < 1.29 is 9.84 Å². The molecular formula is C22H32N6O3. The average Bonchev–Trinajstić information content (AvgIpc) is 3.20. The fraction of sp³-hybridized carbons (Fsp3) is 0.545. The molecular weight excluding hydrogens is 396 g/mol. The van der Waals surface area contributed by atoms with E-state index in [1.807, 2.05) is 13.0 Å². The number of aliphatic hydroxyl groups excluding tert-OH is 1. The minimum absolute atomic E-state index is 0.0774. The van der Waals surface area contributed by atoms with Gasteiger partial charge in [-0.3, -0.25) is 9.69 Å². The summed E-state index contributed by atoms with van der Waals surface area (Å²) in [7, 11) is 1.64. The first kappa shape index (κ1) is 23.1. The molecule has 168 valence electrons. The number of pyridine rings is 1. The predicted octanol–water partition coefficient (Wildman–Crippen LogP) is 2.11. The summed E-state index contributed by atoms with van der Waals surface area (Å²) in [6.45, 7) is 8.33. The molecule has 0 bridgehead atoms. The molecule has 3 rings (SSSR count). The first-order valence-electron chi connectivity index (χ1n) is 10.7. The monoisotopic (exact) mass is 428 g/mol. The number of methoxy groups -OCH3 is 1. The second-order valence-corrected chi connectivity index (χ2v) is 7.89. The van der Waals surface area contributed by atoms with E-state index in [4.69, 9.17) is 4.74 Å². The Bertz CT molecular complexity index is 1060. The molecule has 1 atom stereocenters. The van der Waals surface area contributed by atoms with Crippen molar-refractivity contribution in [2.75, 3.05) is 26.9 Å². The van der Waals surface area contributed by atoms with Gasteiger partial charge in [-0.15, -0.1) is 5.10 Å². The third kappa shape index (κ3) is 5.36. The van der Waals surface area contributed by atoms with Gasteiger partial charge in [0.15, 0.2) is 5.82 Å². The lowest BCUT2D eigenvalue weighted by atomic mass is 10.0. The molecule has 0 aliphatic heterocycles. The van der Waals surface area contributed by atoms with E-state index in [0.29, 0.717) is 38.2 Å². The number of nitrogens with one attached hydrogen (secondary N) is 1. The Balaban J connectivity index is 1.96. The van der Waals surface area contributed by atoms with Crippen LogP contribution < -0.4 is 5.56 Å². The maximum Gasteiger partial charge on any atom is 0.252 e. The van der Waals surface area contributed by atoms with Crippen molar-refractivity contribution in [2.45, 2.75) is 52.7 Å². The summed E-state index contributed by atoms with van der Waals surface area (Å²) < 4.78 is 6.92. The molecule has 2 N–H and O–H groups in total. The van der Waals surface area contributed by atoms with Crippen molar-refractivity contribution in [1.82, 2.24) is 30.1 Å². The van der Waals surface area contributed by atoms with Crippen molar-refractivity contribution in [2.24, 2.45) is 0 Å². The number of fused-ring (bicyclic) bond motifs is 1. The van der Waals surface area contributed by atoms with E-state index in [1.165, 1.54) is 0 Å². The number of hydrogen-bond acceptors (Lipinski definition) is 7. The van der Waals surface area contributed by atoms with E-state index in [1.54, 1.807) is 11.8 Å². The second-order valence-electron chi connectivity index (χ2n) is 7.89. The SMILES string of the molecule is CCC(c1nnnn1CCOC)N(CCCO)Cc1cc2cc(C)cc(C)c2[nH]c1=O. The van der Waals surface area contributed by atoms with Gasteiger partial charge in [0.2, 0.25) is 0 Å². The number of ether oxygens (including phenoxy) is 1. The van der Waals surface area contributed by atoms with Crippen LogP contribution in [0.15, 0.2) is 23.0 Å². The van der Waals surface area contributed by atoms with Crippen molar-refractivity contribution >= 4 is 10.9 Å². The number of aromatic nitrogens is 5. The summed E-state index contributed by atoms with van der Waals surface area (Å²) in [5, 5.41) is 22.7. The number of aliphatic hydroxyl groups is 1. The van der Waals surface area contributed by atoms with Gasteiger partial charge in [-0.1, -0.05) is 18.6 Å². The zero-order valence-electron chi connectivity index (χ0n) is 18.8. The lowest BCUT2D eigenvalue weighted by molar-refractivity contribution is 0.145. The quantitative estimate of drug-likeness (QED) is 0.481. The Labute approximate surface area is 182 Å². The van der Waals surface area contributed by atoms with Crippen LogP contribution in [0.5, 0.6) is 0 Å². The molecule has 1 aromatic carbocycles. The van der Waals surface area contributed by atoms with Gasteiger partial charge in [-0.05, 0) is 60.2 Å². The van der Waals surface area contributed by atoms with Crippen LogP contribution in [0, 0.1) is 13.8 Å². The highest BCUT2D eigenvalue weighted by Gasteiger charge is 2.25. The van der Waals surface area contributed by atoms with Gasteiger partial charge in [-0.2, -0.15) is 0 Å². The molecule has 2 aromatic heterocycles. The lowest BCUT2D eigenvalue weighted by Crippen LogP contribution is -2.34. The van der Waals surface area contributed by atoms with Crippen LogP contribution in [0.2, 0.25) is 0 Å². The molecule has 3 aromatic rings. The Kier molecular flexibility index (Phi) is 7.89. The molecule has 0 spiro atoms. The molecule has 0 saturated carbocycles. The van der Waals surface area contributed by atoms with Crippen LogP contribution in [-0.2, 0) is 17.8 Å². The molecule has 9 nitrogen and oxygen atoms in total. The summed E-state index contributed by atoms with van der Waals surface area (Å²) in [5.74, 6) is 0.737. The summed E-state index contributed by atoms with van der Waals surface area (Å²) in [4.78, 5) is 18.1. The molecule has 0 amide bonds. The number of aromatic amines is 1. The van der Waals surface area contributed by atoms with Crippen molar-refractivity contribution in [3.05, 3.63) is 51.1 Å². The number of tetrazole rings is 1. The largest absolute Gasteiger partial charge is 0.396 e. The van der Waals surface area contributed by atoms with Crippen LogP contribution >= 0.6 is 0 Å². The molecule has 31 heavy (non-hydrogen) atoms. The highest BCUT2D eigenvalue weighted by atomic mass is 16.5. The van der Waals surface area contributed by atoms with Gasteiger partial charge < -0.3 is 14.8 Å². The maximum absolute atomic E-state index is 12.9. The van der Waals surface area contributed by atoms with E-state index >= 15 is 0 Å². The number of aryl methyl sites for hydroxylation is 2. The average molecular weight is 429 g/mol. The summed E-state index contributed by atoms with van der Waals surface area (Å²) in [5.41, 5.74) is 3.67.